The lowest BCUT2D eigenvalue weighted by Crippen LogP contribution is -2.31. The molecule has 0 aliphatic heterocycles. The Morgan fingerprint density at radius 2 is 0.651 bits per heavy atom. The Labute approximate surface area is 363 Å². The Bertz CT molecular complexity index is 3200. The van der Waals surface area contributed by atoms with E-state index >= 15 is 4.57 Å². The third-order valence-electron chi connectivity index (χ3n) is 14.4. The van der Waals surface area contributed by atoms with Crippen LogP contribution < -0.4 is 15.9 Å². The van der Waals surface area contributed by atoms with Crippen molar-refractivity contribution in [3.8, 4) is 44.5 Å². The van der Waals surface area contributed by atoms with Gasteiger partial charge in [-0.3, -0.25) is 0 Å². The Kier molecular flexibility index (Phi) is 7.30. The molecule has 300 valence electrons. The Hall–Kier alpha value is -7.00. The molecule has 4 aliphatic rings. The zero-order valence-electron chi connectivity index (χ0n) is 34.0. The number of alkyl halides is 3. The van der Waals surface area contributed by atoms with Gasteiger partial charge in [0.05, 0.1) is 16.4 Å². The van der Waals surface area contributed by atoms with Gasteiger partial charge in [-0.25, -0.2) is 0 Å². The maximum Gasteiger partial charge on any atom is 0.416 e. The van der Waals surface area contributed by atoms with E-state index in [0.29, 0.717) is 16.2 Å². The van der Waals surface area contributed by atoms with Crippen molar-refractivity contribution in [2.45, 2.75) is 23.9 Å². The van der Waals surface area contributed by atoms with Crippen LogP contribution in [0.5, 0.6) is 0 Å². The van der Waals surface area contributed by atoms with E-state index in [2.05, 4.69) is 170 Å². The summed E-state index contributed by atoms with van der Waals surface area (Å²) in [6.07, 6.45) is -4.65. The summed E-state index contributed by atoms with van der Waals surface area (Å²) in [5.41, 5.74) is 15.7. The average molecular weight is 837 g/mol. The lowest BCUT2D eigenvalue weighted by Gasteiger charge is -2.32. The number of aryl methyl sites for hydroxylation is 1. The summed E-state index contributed by atoms with van der Waals surface area (Å²) in [6, 6.07) is 67.0. The van der Waals surface area contributed by atoms with Gasteiger partial charge in [-0.15, -0.1) is 0 Å². The summed E-state index contributed by atoms with van der Waals surface area (Å²) in [5, 5.41) is 1.14. The predicted octanol–water partition coefficient (Wildman–Crippen LogP) is 13.3. The predicted molar refractivity (Wildman–Crippen MR) is 248 cm³/mol. The van der Waals surface area contributed by atoms with Crippen molar-refractivity contribution in [1.82, 2.24) is 0 Å². The molecule has 0 fully saturated rings. The van der Waals surface area contributed by atoms with Crippen LogP contribution in [0.25, 0.3) is 44.5 Å². The van der Waals surface area contributed by atoms with Crippen LogP contribution in [0.1, 0.15) is 55.6 Å². The van der Waals surface area contributed by atoms with Crippen molar-refractivity contribution in [3.63, 3.8) is 0 Å². The van der Waals surface area contributed by atoms with Crippen molar-refractivity contribution < 1.29 is 17.7 Å². The lowest BCUT2D eigenvalue weighted by atomic mass is 9.70. The first-order valence-corrected chi connectivity index (χ1v) is 23.0. The van der Waals surface area contributed by atoms with Crippen LogP contribution >= 0.6 is 7.14 Å². The maximum atomic E-state index is 17.2. The summed E-state index contributed by atoms with van der Waals surface area (Å²) < 4.78 is 61.8. The van der Waals surface area contributed by atoms with E-state index in [9.17, 15) is 13.2 Å². The molecule has 0 saturated heterocycles. The molecule has 0 aromatic heterocycles. The molecule has 5 heteroatoms. The van der Waals surface area contributed by atoms with Crippen LogP contribution in [-0.4, -0.2) is 0 Å². The van der Waals surface area contributed by atoms with Gasteiger partial charge in [-0.05, 0) is 132 Å². The highest BCUT2D eigenvalue weighted by Crippen LogP contribution is 2.65. The maximum absolute atomic E-state index is 17.2. The summed E-state index contributed by atoms with van der Waals surface area (Å²) in [6.45, 7) is 1.66. The van der Waals surface area contributed by atoms with Gasteiger partial charge in [0.2, 0.25) is 0 Å². The summed E-state index contributed by atoms with van der Waals surface area (Å²) in [7, 11) is -4.11. The van der Waals surface area contributed by atoms with Crippen LogP contribution in [0.4, 0.5) is 13.2 Å². The second-order valence-electron chi connectivity index (χ2n) is 17.4. The summed E-state index contributed by atoms with van der Waals surface area (Å²) >= 11 is 0. The Morgan fingerprint density at radius 3 is 0.968 bits per heavy atom. The monoisotopic (exact) mass is 836 g/mol. The number of benzene rings is 9. The topological polar surface area (TPSA) is 17.1 Å². The molecule has 0 radical (unpaired) electrons. The first-order valence-electron chi connectivity index (χ1n) is 21.3. The second kappa shape index (κ2) is 12.6. The molecule has 2 spiro atoms. The van der Waals surface area contributed by atoms with E-state index in [-0.39, 0.29) is 5.30 Å². The lowest BCUT2D eigenvalue weighted by molar-refractivity contribution is -0.137. The second-order valence-corrected chi connectivity index (χ2v) is 20.2. The van der Waals surface area contributed by atoms with Crippen molar-refractivity contribution in [2.75, 3.05) is 0 Å². The third kappa shape index (κ3) is 4.51. The number of hydrogen-bond acceptors (Lipinski definition) is 1. The van der Waals surface area contributed by atoms with Gasteiger partial charge in [0.25, 0.3) is 0 Å². The van der Waals surface area contributed by atoms with Gasteiger partial charge in [0.1, 0.15) is 0 Å². The fourth-order valence-electron chi connectivity index (χ4n) is 12.1. The molecule has 13 rings (SSSR count). The van der Waals surface area contributed by atoms with Crippen molar-refractivity contribution in [1.29, 1.82) is 0 Å². The minimum Gasteiger partial charge on any atom is -0.309 e. The number of halogens is 3. The average Bonchev–Trinajstić information content (AvgIpc) is 3.99. The smallest absolute Gasteiger partial charge is 0.309 e. The molecule has 63 heavy (non-hydrogen) atoms. The highest BCUT2D eigenvalue weighted by Gasteiger charge is 2.54. The van der Waals surface area contributed by atoms with Gasteiger partial charge in [-0.1, -0.05) is 170 Å². The largest absolute Gasteiger partial charge is 0.416 e. The van der Waals surface area contributed by atoms with E-state index in [1.807, 2.05) is 12.1 Å². The summed E-state index contributed by atoms with van der Waals surface area (Å²) in [5.74, 6) is 0. The number of hydrogen-bond donors (Lipinski definition) is 0. The molecule has 0 bridgehead atoms. The molecule has 4 aliphatic carbocycles. The van der Waals surface area contributed by atoms with Gasteiger partial charge < -0.3 is 4.57 Å². The highest BCUT2D eigenvalue weighted by molar-refractivity contribution is 7.85. The van der Waals surface area contributed by atoms with Crippen LogP contribution in [-0.2, 0) is 21.6 Å². The first kappa shape index (κ1) is 36.6. The molecule has 9 aromatic rings. The number of rotatable bonds is 3. The minimum absolute atomic E-state index is 0.156. The van der Waals surface area contributed by atoms with Crippen molar-refractivity contribution in [3.05, 3.63) is 256 Å². The molecule has 0 atom stereocenters. The van der Waals surface area contributed by atoms with E-state index < -0.39 is 29.7 Å². The van der Waals surface area contributed by atoms with Gasteiger partial charge in [0.15, 0.2) is 7.14 Å². The van der Waals surface area contributed by atoms with Crippen LogP contribution in [0.2, 0.25) is 0 Å². The van der Waals surface area contributed by atoms with Gasteiger partial charge >= 0.3 is 6.18 Å². The molecule has 0 saturated carbocycles. The molecule has 0 heterocycles. The normalized spacial score (nSPS) is 15.0. The third-order valence-corrected chi connectivity index (χ3v) is 17.4. The SMILES string of the molecule is Cc1cc(C(F)(F)F)cc(P(=O)(c2ccc3c(c2)C2(c4ccccc4-c4ccccc42)c2ccccc2-3)c2ccc3c(c2)C2(c4ccccc4-c4ccccc42)c2ccccc2-3)c1. The Balaban J connectivity index is 1.13. The summed E-state index contributed by atoms with van der Waals surface area (Å²) in [4.78, 5) is 0. The molecular weight excluding hydrogens is 801 g/mol. The van der Waals surface area contributed by atoms with Crippen molar-refractivity contribution in [2.24, 2.45) is 0 Å². The fourth-order valence-corrected chi connectivity index (χ4v) is 14.9. The highest BCUT2D eigenvalue weighted by atomic mass is 31.2. The zero-order valence-corrected chi connectivity index (χ0v) is 34.9. The van der Waals surface area contributed by atoms with Crippen LogP contribution in [0.15, 0.2) is 200 Å². The molecule has 9 aromatic carbocycles. The molecule has 0 N–H and O–H groups in total. The van der Waals surface area contributed by atoms with E-state index in [0.717, 1.165) is 101 Å². The van der Waals surface area contributed by atoms with Crippen LogP contribution in [0.3, 0.4) is 0 Å². The first-order chi connectivity index (χ1) is 30.7. The number of fused-ring (bicyclic) bond motifs is 20. The van der Waals surface area contributed by atoms with E-state index in [1.54, 1.807) is 13.0 Å². The quantitative estimate of drug-likeness (QED) is 0.162. The van der Waals surface area contributed by atoms with Gasteiger partial charge in [-0.2, -0.15) is 13.2 Å². The molecule has 0 amide bonds. The van der Waals surface area contributed by atoms with Crippen LogP contribution in [0, 0.1) is 6.92 Å². The van der Waals surface area contributed by atoms with E-state index in [1.165, 1.54) is 0 Å². The van der Waals surface area contributed by atoms with Crippen molar-refractivity contribution >= 4 is 23.1 Å². The fraction of sp³-hybridized carbons (Fsp3) is 0.0690. The molecular formula is C58H36F3OP. The van der Waals surface area contributed by atoms with Gasteiger partial charge in [0, 0.05) is 15.9 Å². The Morgan fingerprint density at radius 1 is 0.349 bits per heavy atom. The molecule has 1 nitrogen and oxygen atoms in total. The molecule has 0 unspecified atom stereocenters. The minimum atomic E-state index is -4.65. The zero-order chi connectivity index (χ0) is 42.5. The van der Waals surface area contributed by atoms with E-state index in [4.69, 9.17) is 0 Å². The standard InChI is InChI=1S/C58H36F3OP/c1-35-30-36(58(59,60)61)32-39(31-35)63(62,37-26-28-46-44-18-6-12-24-52(44)56(54(46)33-37)48-20-8-2-14-40(48)41-15-3-9-21-49(41)56)38-27-29-47-45-19-7-13-25-53(45)57(55(47)34-38)50-22-10-4-16-42(50)43-17-5-11-23-51(43)57/h2-34H,1H3.